The Labute approximate surface area is 159 Å². The normalized spacial score (nSPS) is 19.4. The molecular weight excluding hydrogens is 413 g/mol. The SMILES string of the molecule is FC(F)(F)C(F)(F)C(F)(F)COc1ccc2c(c1)CC1=C2N2CCCN=C2S1. The van der Waals surface area contributed by atoms with Crippen molar-refractivity contribution < 1.29 is 35.5 Å². The van der Waals surface area contributed by atoms with Gasteiger partial charge in [-0.2, -0.15) is 30.7 Å². The molecule has 0 aromatic heterocycles. The molecule has 3 nitrogen and oxygen atoms in total. The van der Waals surface area contributed by atoms with Gasteiger partial charge in [0.05, 0.1) is 5.70 Å². The molecule has 2 heterocycles. The van der Waals surface area contributed by atoms with Gasteiger partial charge in [-0.15, -0.1) is 0 Å². The molecule has 3 aliphatic rings. The highest BCUT2D eigenvalue weighted by molar-refractivity contribution is 8.17. The zero-order valence-corrected chi connectivity index (χ0v) is 14.9. The lowest BCUT2D eigenvalue weighted by molar-refractivity contribution is -0.358. The van der Waals surface area contributed by atoms with E-state index in [1.807, 2.05) is 0 Å². The number of rotatable bonds is 4. The monoisotopic (exact) mass is 426 g/mol. The number of ether oxygens (including phenoxy) is 1. The van der Waals surface area contributed by atoms with Crippen LogP contribution in [-0.2, 0) is 6.42 Å². The van der Waals surface area contributed by atoms with Crippen LogP contribution in [0.25, 0.3) is 5.70 Å². The van der Waals surface area contributed by atoms with Gasteiger partial charge < -0.3 is 9.64 Å². The number of alkyl halides is 7. The van der Waals surface area contributed by atoms with Crippen molar-refractivity contribution in [3.05, 3.63) is 34.2 Å². The average Bonchev–Trinajstić information content (AvgIpc) is 3.13. The number of halogens is 7. The molecule has 0 atom stereocenters. The molecule has 4 rings (SSSR count). The summed E-state index contributed by atoms with van der Waals surface area (Å²) in [6.45, 7) is -0.514. The first-order chi connectivity index (χ1) is 13.0. The van der Waals surface area contributed by atoms with Crippen molar-refractivity contribution >= 4 is 22.6 Å². The molecule has 0 amide bonds. The smallest absolute Gasteiger partial charge is 0.460 e. The Hall–Kier alpha value is -1.91. The summed E-state index contributed by atoms with van der Waals surface area (Å²) in [6.07, 6.45) is -4.97. The lowest BCUT2D eigenvalue weighted by Gasteiger charge is -2.28. The zero-order chi connectivity index (χ0) is 20.3. The van der Waals surface area contributed by atoms with Crippen LogP contribution in [0.5, 0.6) is 5.75 Å². The first-order valence-corrected chi connectivity index (χ1v) is 9.14. The van der Waals surface area contributed by atoms with E-state index in [1.165, 1.54) is 23.9 Å². The maximum atomic E-state index is 13.4. The molecule has 0 N–H and O–H groups in total. The summed E-state index contributed by atoms with van der Waals surface area (Å²) >= 11 is 1.52. The molecule has 0 unspecified atom stereocenters. The number of hydrogen-bond donors (Lipinski definition) is 0. The second-order valence-electron chi connectivity index (χ2n) is 6.60. The molecule has 0 fully saturated rings. The maximum absolute atomic E-state index is 13.4. The summed E-state index contributed by atoms with van der Waals surface area (Å²) in [6, 6.07) is 4.29. The van der Waals surface area contributed by atoms with Crippen LogP contribution in [0.4, 0.5) is 30.7 Å². The van der Waals surface area contributed by atoms with Gasteiger partial charge in [0, 0.05) is 30.0 Å². The van der Waals surface area contributed by atoms with Gasteiger partial charge in [-0.25, -0.2) is 0 Å². The minimum Gasteiger partial charge on any atom is -0.487 e. The largest absolute Gasteiger partial charge is 0.487 e. The van der Waals surface area contributed by atoms with E-state index in [-0.39, 0.29) is 5.75 Å². The molecular formula is C17H13F7N2OS. The summed E-state index contributed by atoms with van der Waals surface area (Å²) in [5.74, 6) is -11.8. The van der Waals surface area contributed by atoms with E-state index in [0.29, 0.717) is 6.42 Å². The van der Waals surface area contributed by atoms with E-state index in [9.17, 15) is 30.7 Å². The average molecular weight is 426 g/mol. The number of amidine groups is 1. The number of thioether (sulfide) groups is 1. The van der Waals surface area contributed by atoms with E-state index >= 15 is 0 Å². The molecule has 0 radical (unpaired) electrons. The van der Waals surface area contributed by atoms with E-state index in [1.54, 1.807) is 6.07 Å². The molecule has 1 aromatic rings. The number of fused-ring (bicyclic) bond motifs is 4. The van der Waals surface area contributed by atoms with Gasteiger partial charge in [0.25, 0.3) is 0 Å². The Morgan fingerprint density at radius 2 is 1.86 bits per heavy atom. The second-order valence-corrected chi connectivity index (χ2v) is 7.67. The molecule has 28 heavy (non-hydrogen) atoms. The standard InChI is InChI=1S/C17H13F7N2OS/c18-15(19,16(20,21)17(22,23)24)8-27-10-2-3-11-9(6-10)7-12-13(11)26-5-1-4-25-14(26)28-12/h2-3,6H,1,4-5,7-8H2. The molecule has 0 bridgehead atoms. The highest BCUT2D eigenvalue weighted by Crippen LogP contribution is 2.49. The summed E-state index contributed by atoms with van der Waals surface area (Å²) in [7, 11) is 0. The van der Waals surface area contributed by atoms with Crippen molar-refractivity contribution in [2.75, 3.05) is 19.7 Å². The lowest BCUT2D eigenvalue weighted by atomic mass is 10.1. The Kier molecular flexibility index (Phi) is 4.36. The van der Waals surface area contributed by atoms with Crippen LogP contribution < -0.4 is 4.74 Å². The first-order valence-electron chi connectivity index (χ1n) is 8.33. The van der Waals surface area contributed by atoms with Crippen LogP contribution in [0.3, 0.4) is 0 Å². The number of aliphatic imine (C=N–C) groups is 1. The highest BCUT2D eigenvalue weighted by atomic mass is 32.2. The first kappa shape index (κ1) is 19.4. The molecule has 0 saturated carbocycles. The molecule has 1 aromatic carbocycles. The molecule has 152 valence electrons. The maximum Gasteiger partial charge on any atom is 0.460 e. The molecule has 11 heteroatoms. The Morgan fingerprint density at radius 1 is 1.11 bits per heavy atom. The van der Waals surface area contributed by atoms with Crippen LogP contribution in [0, 0.1) is 0 Å². The summed E-state index contributed by atoms with van der Waals surface area (Å²) in [4.78, 5) is 7.58. The quantitative estimate of drug-likeness (QED) is 0.639. The fraction of sp³-hybridized carbons (Fsp3) is 0.471. The van der Waals surface area contributed by atoms with Crippen LogP contribution in [0.2, 0.25) is 0 Å². The Morgan fingerprint density at radius 3 is 2.57 bits per heavy atom. The van der Waals surface area contributed by atoms with Gasteiger partial charge in [0.1, 0.15) is 5.75 Å². The number of nitrogens with zero attached hydrogens (tertiary/aromatic N) is 2. The lowest BCUT2D eigenvalue weighted by Crippen LogP contribution is -2.54. The summed E-state index contributed by atoms with van der Waals surface area (Å²) in [5.41, 5.74) is 2.58. The third-order valence-electron chi connectivity index (χ3n) is 4.68. The van der Waals surface area contributed by atoms with Gasteiger partial charge in [0.15, 0.2) is 11.8 Å². The Bertz CT molecular complexity index is 879. The highest BCUT2D eigenvalue weighted by Gasteiger charge is 2.73. The summed E-state index contributed by atoms with van der Waals surface area (Å²) in [5, 5.41) is 0.913. The van der Waals surface area contributed by atoms with Crippen molar-refractivity contribution in [3.63, 3.8) is 0 Å². The van der Waals surface area contributed by atoms with Crippen LogP contribution in [0.15, 0.2) is 28.1 Å². The molecule has 0 spiro atoms. The topological polar surface area (TPSA) is 24.8 Å². The van der Waals surface area contributed by atoms with Crippen molar-refractivity contribution in [2.24, 2.45) is 4.99 Å². The predicted molar refractivity (Wildman–Crippen MR) is 89.7 cm³/mol. The predicted octanol–water partition coefficient (Wildman–Crippen LogP) is 4.93. The number of benzene rings is 1. The van der Waals surface area contributed by atoms with Gasteiger partial charge in [-0.1, -0.05) is 11.8 Å². The third kappa shape index (κ3) is 2.94. The van der Waals surface area contributed by atoms with Gasteiger partial charge in [-0.3, -0.25) is 4.99 Å². The van der Waals surface area contributed by atoms with E-state index in [4.69, 9.17) is 0 Å². The molecule has 0 saturated heterocycles. The summed E-state index contributed by atoms with van der Waals surface area (Å²) < 4.78 is 93.9. The zero-order valence-electron chi connectivity index (χ0n) is 14.1. The van der Waals surface area contributed by atoms with E-state index < -0.39 is 24.6 Å². The van der Waals surface area contributed by atoms with Crippen molar-refractivity contribution in [1.82, 2.24) is 4.90 Å². The van der Waals surface area contributed by atoms with Crippen molar-refractivity contribution in [1.29, 1.82) is 0 Å². The minimum atomic E-state index is -6.37. The van der Waals surface area contributed by atoms with E-state index in [0.717, 1.165) is 46.4 Å². The van der Waals surface area contributed by atoms with Gasteiger partial charge in [-0.05, 0) is 30.2 Å². The number of allylic oxidation sites excluding steroid dienone is 1. The second kappa shape index (κ2) is 6.30. The van der Waals surface area contributed by atoms with Crippen LogP contribution >= 0.6 is 11.8 Å². The van der Waals surface area contributed by atoms with Crippen molar-refractivity contribution in [3.8, 4) is 5.75 Å². The minimum absolute atomic E-state index is 0.185. The Balaban J connectivity index is 1.50. The van der Waals surface area contributed by atoms with Crippen LogP contribution in [-0.4, -0.2) is 47.8 Å². The molecule has 1 aliphatic carbocycles. The fourth-order valence-electron chi connectivity index (χ4n) is 3.29. The fourth-order valence-corrected chi connectivity index (χ4v) is 4.50. The van der Waals surface area contributed by atoms with Crippen LogP contribution in [0.1, 0.15) is 17.5 Å². The van der Waals surface area contributed by atoms with Gasteiger partial charge >= 0.3 is 18.0 Å². The molecule has 2 aliphatic heterocycles. The van der Waals surface area contributed by atoms with E-state index in [2.05, 4.69) is 14.6 Å². The van der Waals surface area contributed by atoms with Crippen molar-refractivity contribution in [2.45, 2.75) is 30.9 Å². The third-order valence-corrected chi connectivity index (χ3v) is 5.80. The van der Waals surface area contributed by atoms with Gasteiger partial charge in [0.2, 0.25) is 0 Å². The number of hydrogen-bond acceptors (Lipinski definition) is 4.